The van der Waals surface area contributed by atoms with Crippen LogP contribution in [0, 0.1) is 0 Å². The van der Waals surface area contributed by atoms with E-state index in [1.165, 1.54) is 0 Å². The highest BCUT2D eigenvalue weighted by Gasteiger charge is 1.94. The molecule has 0 spiro atoms. The largest absolute Gasteiger partial charge is 0.365 e. The van der Waals surface area contributed by atoms with Crippen LogP contribution in [0.25, 0.3) is 0 Å². The van der Waals surface area contributed by atoms with Gasteiger partial charge >= 0.3 is 0 Å². The van der Waals surface area contributed by atoms with E-state index in [4.69, 9.17) is 17.3 Å². The number of primary amides is 1. The molecule has 0 fully saturated rings. The van der Waals surface area contributed by atoms with Crippen LogP contribution in [0.15, 0.2) is 10.0 Å². The van der Waals surface area contributed by atoms with Crippen molar-refractivity contribution in [2.24, 2.45) is 5.73 Å². The molecule has 0 aliphatic carbocycles. The first-order valence-electron chi connectivity index (χ1n) is 1.44. The summed E-state index contributed by atoms with van der Waals surface area (Å²) in [5.41, 5.74) is 5.78. The summed E-state index contributed by atoms with van der Waals surface area (Å²) in [5, 5.41) is 0. The summed E-state index contributed by atoms with van der Waals surface area (Å²) >= 11 is 7.83. The van der Waals surface area contributed by atoms with Gasteiger partial charge in [-0.15, -0.1) is 0 Å². The van der Waals surface area contributed by atoms with Crippen LogP contribution in [0.3, 0.4) is 0 Å². The van der Waals surface area contributed by atoms with Gasteiger partial charge in [-0.3, -0.25) is 4.79 Å². The van der Waals surface area contributed by atoms with E-state index < -0.39 is 5.91 Å². The molecule has 2 nitrogen and oxygen atoms in total. The van der Waals surface area contributed by atoms with E-state index >= 15 is 0 Å². The number of carbonyl (C=O) groups excluding carboxylic acids is 1. The molecule has 7 heavy (non-hydrogen) atoms. The summed E-state index contributed by atoms with van der Waals surface area (Å²) in [5.74, 6) is -0.560. The van der Waals surface area contributed by atoms with E-state index in [1.807, 2.05) is 0 Å². The first-order valence-corrected chi connectivity index (χ1v) is 2.67. The molecule has 0 aliphatic rings. The fourth-order valence-corrected chi connectivity index (χ4v) is 0.161. The molecule has 0 bridgehead atoms. The highest BCUT2D eigenvalue weighted by molar-refractivity contribution is 9.12. The van der Waals surface area contributed by atoms with E-state index in [2.05, 4.69) is 15.9 Å². The Labute approximate surface area is 54.5 Å². The molecule has 1 amide bonds. The summed E-state index contributed by atoms with van der Waals surface area (Å²) < 4.78 is 0.189. The zero-order valence-corrected chi connectivity index (χ0v) is 5.66. The van der Waals surface area contributed by atoms with Crippen molar-refractivity contribution in [3.05, 3.63) is 10.0 Å². The number of halogens is 2. The van der Waals surface area contributed by atoms with E-state index in [9.17, 15) is 4.79 Å². The minimum Gasteiger partial charge on any atom is -0.365 e. The third-order valence-corrected chi connectivity index (χ3v) is 1.43. The highest BCUT2D eigenvalue weighted by atomic mass is 79.9. The zero-order valence-electron chi connectivity index (χ0n) is 3.32. The molecule has 0 aromatic rings. The standard InChI is InChI=1S/C3H3BrClNO/c4-2(1-5)3(6)7/h1H,(H2,6,7)/b2-1-. The molecule has 0 saturated carbocycles. The van der Waals surface area contributed by atoms with E-state index in [0.29, 0.717) is 0 Å². The minimum atomic E-state index is -0.560. The number of rotatable bonds is 1. The molecule has 0 saturated heterocycles. The highest BCUT2D eigenvalue weighted by Crippen LogP contribution is 2.03. The van der Waals surface area contributed by atoms with Gasteiger partial charge in [0.15, 0.2) is 0 Å². The van der Waals surface area contributed by atoms with Gasteiger partial charge in [-0.1, -0.05) is 11.6 Å². The summed E-state index contributed by atoms with van der Waals surface area (Å²) in [6.07, 6.45) is 0. The van der Waals surface area contributed by atoms with Gasteiger partial charge < -0.3 is 5.73 Å². The fourth-order valence-electron chi connectivity index (χ4n) is 0.0538. The Morgan fingerprint density at radius 2 is 2.29 bits per heavy atom. The lowest BCUT2D eigenvalue weighted by Gasteiger charge is -1.81. The van der Waals surface area contributed by atoms with Crippen LogP contribution < -0.4 is 5.73 Å². The van der Waals surface area contributed by atoms with Gasteiger partial charge in [0.05, 0.1) is 4.48 Å². The fraction of sp³-hybridized carbons (Fsp3) is 0. The third-order valence-electron chi connectivity index (χ3n) is 0.331. The van der Waals surface area contributed by atoms with Crippen molar-refractivity contribution >= 4 is 33.4 Å². The van der Waals surface area contributed by atoms with E-state index in [0.717, 1.165) is 5.54 Å². The smallest absolute Gasteiger partial charge is 0.256 e. The first-order chi connectivity index (χ1) is 3.18. The van der Waals surface area contributed by atoms with Crippen LogP contribution in [-0.2, 0) is 4.79 Å². The second-order valence-electron chi connectivity index (χ2n) is 0.821. The average molecular weight is 184 g/mol. The molecule has 0 aromatic carbocycles. The predicted octanol–water partition coefficient (Wildman–Crippen LogP) is 0.947. The van der Waals surface area contributed by atoms with Crippen molar-refractivity contribution in [1.29, 1.82) is 0 Å². The maximum absolute atomic E-state index is 9.95. The second-order valence-corrected chi connectivity index (χ2v) is 1.89. The van der Waals surface area contributed by atoms with Crippen molar-refractivity contribution in [2.45, 2.75) is 0 Å². The van der Waals surface area contributed by atoms with Crippen molar-refractivity contribution in [3.8, 4) is 0 Å². The number of hydrogen-bond acceptors (Lipinski definition) is 1. The molecule has 0 heterocycles. The van der Waals surface area contributed by atoms with Crippen molar-refractivity contribution < 1.29 is 4.79 Å². The van der Waals surface area contributed by atoms with Crippen molar-refractivity contribution in [1.82, 2.24) is 0 Å². The number of nitrogens with two attached hydrogens (primary N) is 1. The quantitative estimate of drug-likeness (QED) is 0.606. The van der Waals surface area contributed by atoms with Crippen LogP contribution in [0.1, 0.15) is 0 Å². The predicted molar refractivity (Wildman–Crippen MR) is 32.1 cm³/mol. The van der Waals surface area contributed by atoms with E-state index in [1.54, 1.807) is 0 Å². The van der Waals surface area contributed by atoms with Gasteiger partial charge in [-0.2, -0.15) is 0 Å². The lowest BCUT2D eigenvalue weighted by atomic mass is 10.6. The molecule has 0 aliphatic heterocycles. The molecule has 0 unspecified atom stereocenters. The number of amides is 1. The van der Waals surface area contributed by atoms with Crippen LogP contribution >= 0.6 is 27.5 Å². The Morgan fingerprint density at radius 1 is 1.86 bits per heavy atom. The van der Waals surface area contributed by atoms with E-state index in [-0.39, 0.29) is 4.48 Å². The molecule has 2 N–H and O–H groups in total. The Bertz CT molecular complexity index is 112. The third kappa shape index (κ3) is 2.65. The Kier molecular flexibility index (Phi) is 3.04. The second kappa shape index (κ2) is 3.04. The minimum absolute atomic E-state index is 0.189. The van der Waals surface area contributed by atoms with Crippen LogP contribution in [0.4, 0.5) is 0 Å². The molecular formula is C3H3BrClNO. The van der Waals surface area contributed by atoms with Crippen molar-refractivity contribution in [2.75, 3.05) is 0 Å². The number of carbonyl (C=O) groups is 1. The summed E-state index contributed by atoms with van der Waals surface area (Å²) in [6, 6.07) is 0. The molecule has 0 atom stereocenters. The number of hydrogen-bond donors (Lipinski definition) is 1. The summed E-state index contributed by atoms with van der Waals surface area (Å²) in [7, 11) is 0. The normalized spacial score (nSPS) is 11.4. The maximum atomic E-state index is 9.95. The maximum Gasteiger partial charge on any atom is 0.256 e. The Hall–Kier alpha value is -0.0200. The van der Waals surface area contributed by atoms with Crippen molar-refractivity contribution in [3.63, 3.8) is 0 Å². The van der Waals surface area contributed by atoms with Crippen LogP contribution in [0.5, 0.6) is 0 Å². The van der Waals surface area contributed by atoms with Crippen LogP contribution in [0.2, 0.25) is 0 Å². The average Bonchev–Trinajstić information content (AvgIpc) is 1.65. The molecule has 0 radical (unpaired) electrons. The van der Waals surface area contributed by atoms with Gasteiger partial charge in [0.25, 0.3) is 5.91 Å². The van der Waals surface area contributed by atoms with Gasteiger partial charge in [0, 0.05) is 5.54 Å². The van der Waals surface area contributed by atoms with Crippen LogP contribution in [-0.4, -0.2) is 5.91 Å². The molecule has 40 valence electrons. The monoisotopic (exact) mass is 183 g/mol. The van der Waals surface area contributed by atoms with Gasteiger partial charge in [0.2, 0.25) is 0 Å². The molecule has 0 rings (SSSR count). The summed E-state index contributed by atoms with van der Waals surface area (Å²) in [4.78, 5) is 9.95. The summed E-state index contributed by atoms with van der Waals surface area (Å²) in [6.45, 7) is 0. The zero-order chi connectivity index (χ0) is 5.86. The molecule has 0 aromatic heterocycles. The SMILES string of the molecule is NC(=O)/C(Br)=C/Cl. The Morgan fingerprint density at radius 3 is 2.29 bits per heavy atom. The topological polar surface area (TPSA) is 43.1 Å². The lowest BCUT2D eigenvalue weighted by molar-refractivity contribution is -0.113. The first kappa shape index (κ1) is 6.98. The van der Waals surface area contributed by atoms with Gasteiger partial charge in [-0.25, -0.2) is 0 Å². The van der Waals surface area contributed by atoms with Gasteiger partial charge in [0.1, 0.15) is 0 Å². The van der Waals surface area contributed by atoms with Gasteiger partial charge in [-0.05, 0) is 15.9 Å². The molecule has 4 heteroatoms. The Balaban J connectivity index is 3.82. The lowest BCUT2D eigenvalue weighted by Crippen LogP contribution is -2.09. The molecular weight excluding hydrogens is 181 g/mol.